The van der Waals surface area contributed by atoms with Crippen molar-refractivity contribution in [2.45, 2.75) is 45.9 Å². The third kappa shape index (κ3) is 6.60. The second-order valence-electron chi connectivity index (χ2n) is 6.43. The molecule has 0 aromatic rings. The van der Waals surface area contributed by atoms with Crippen LogP contribution in [0.2, 0.25) is 0 Å². The summed E-state index contributed by atoms with van der Waals surface area (Å²) in [5, 5.41) is 6.27. The molecule has 3 unspecified atom stereocenters. The van der Waals surface area contributed by atoms with Gasteiger partial charge in [-0.2, -0.15) is 0 Å². The zero-order valence-electron chi connectivity index (χ0n) is 14.7. The molecule has 130 valence electrons. The van der Waals surface area contributed by atoms with Gasteiger partial charge in [0.15, 0.2) is 0 Å². The standard InChI is InChI=1S/C16H33N3O3/c1-12(2)15(19-10-13(3)22-14(4)11-19)16(20)18-7-6-17-8-9-21-5/h12-15,17H,6-11H2,1-5H3,(H,18,20). The highest BCUT2D eigenvalue weighted by Gasteiger charge is 2.33. The molecular formula is C16H33N3O3. The Bertz CT molecular complexity index is 316. The summed E-state index contributed by atoms with van der Waals surface area (Å²) in [5.41, 5.74) is 0. The van der Waals surface area contributed by atoms with Gasteiger partial charge in [-0.05, 0) is 19.8 Å². The molecule has 0 bridgehead atoms. The molecule has 0 spiro atoms. The fourth-order valence-corrected chi connectivity index (χ4v) is 3.01. The third-order valence-corrected chi connectivity index (χ3v) is 3.83. The number of morpholine rings is 1. The molecule has 0 aromatic carbocycles. The van der Waals surface area contributed by atoms with E-state index in [9.17, 15) is 4.79 Å². The van der Waals surface area contributed by atoms with Gasteiger partial charge in [0.2, 0.25) is 5.91 Å². The first kappa shape index (κ1) is 19.4. The van der Waals surface area contributed by atoms with E-state index in [2.05, 4.69) is 43.2 Å². The number of rotatable bonds is 9. The van der Waals surface area contributed by atoms with E-state index in [-0.39, 0.29) is 30.1 Å². The molecule has 0 saturated carbocycles. The summed E-state index contributed by atoms with van der Waals surface area (Å²) in [6, 6.07) is -0.0900. The second-order valence-corrected chi connectivity index (χ2v) is 6.43. The molecule has 0 aliphatic carbocycles. The monoisotopic (exact) mass is 315 g/mol. The SMILES string of the molecule is COCCNCCNC(=O)C(C(C)C)N1CC(C)OC(C)C1. The minimum absolute atomic E-state index is 0.0900. The average molecular weight is 315 g/mol. The van der Waals surface area contributed by atoms with Crippen molar-refractivity contribution in [3.05, 3.63) is 0 Å². The van der Waals surface area contributed by atoms with Crippen molar-refractivity contribution in [2.75, 3.05) is 46.4 Å². The van der Waals surface area contributed by atoms with Crippen LogP contribution in [0.15, 0.2) is 0 Å². The van der Waals surface area contributed by atoms with Gasteiger partial charge in [-0.1, -0.05) is 13.8 Å². The summed E-state index contributed by atoms with van der Waals surface area (Å²) in [4.78, 5) is 14.8. The quantitative estimate of drug-likeness (QED) is 0.606. The van der Waals surface area contributed by atoms with Gasteiger partial charge in [-0.3, -0.25) is 9.69 Å². The fraction of sp³-hybridized carbons (Fsp3) is 0.938. The summed E-state index contributed by atoms with van der Waals surface area (Å²) in [6.07, 6.45) is 0.349. The first-order valence-electron chi connectivity index (χ1n) is 8.32. The molecular weight excluding hydrogens is 282 g/mol. The molecule has 2 N–H and O–H groups in total. The van der Waals surface area contributed by atoms with Crippen molar-refractivity contribution in [2.24, 2.45) is 5.92 Å². The van der Waals surface area contributed by atoms with Crippen LogP contribution in [0.25, 0.3) is 0 Å². The van der Waals surface area contributed by atoms with Crippen molar-refractivity contribution in [1.82, 2.24) is 15.5 Å². The predicted molar refractivity (Wildman–Crippen MR) is 88.0 cm³/mol. The Morgan fingerprint density at radius 3 is 2.41 bits per heavy atom. The van der Waals surface area contributed by atoms with E-state index >= 15 is 0 Å². The number of ether oxygens (including phenoxy) is 2. The Morgan fingerprint density at radius 2 is 1.86 bits per heavy atom. The lowest BCUT2D eigenvalue weighted by Crippen LogP contribution is -2.57. The van der Waals surface area contributed by atoms with E-state index in [0.29, 0.717) is 13.2 Å². The summed E-state index contributed by atoms with van der Waals surface area (Å²) < 4.78 is 10.7. The van der Waals surface area contributed by atoms with Crippen LogP contribution in [0.3, 0.4) is 0 Å². The Morgan fingerprint density at radius 1 is 1.23 bits per heavy atom. The smallest absolute Gasteiger partial charge is 0.237 e. The molecule has 1 rings (SSSR count). The molecule has 1 aliphatic rings. The maximum atomic E-state index is 12.5. The van der Waals surface area contributed by atoms with E-state index in [1.54, 1.807) is 7.11 Å². The summed E-state index contributed by atoms with van der Waals surface area (Å²) >= 11 is 0. The van der Waals surface area contributed by atoms with Crippen molar-refractivity contribution < 1.29 is 14.3 Å². The van der Waals surface area contributed by atoms with Gasteiger partial charge in [0.05, 0.1) is 24.9 Å². The molecule has 1 saturated heterocycles. The summed E-state index contributed by atoms with van der Waals surface area (Å²) in [6.45, 7) is 12.9. The van der Waals surface area contributed by atoms with Crippen LogP contribution in [0, 0.1) is 5.92 Å². The summed E-state index contributed by atoms with van der Waals surface area (Å²) in [7, 11) is 1.68. The van der Waals surface area contributed by atoms with Gasteiger partial charge < -0.3 is 20.1 Å². The van der Waals surface area contributed by atoms with Gasteiger partial charge in [0, 0.05) is 39.8 Å². The maximum Gasteiger partial charge on any atom is 0.237 e. The lowest BCUT2D eigenvalue weighted by atomic mass is 9.99. The van der Waals surface area contributed by atoms with E-state index in [1.165, 1.54) is 0 Å². The van der Waals surface area contributed by atoms with Gasteiger partial charge >= 0.3 is 0 Å². The van der Waals surface area contributed by atoms with Crippen molar-refractivity contribution in [3.8, 4) is 0 Å². The summed E-state index contributed by atoms with van der Waals surface area (Å²) in [5.74, 6) is 0.392. The van der Waals surface area contributed by atoms with Crippen LogP contribution in [-0.2, 0) is 14.3 Å². The van der Waals surface area contributed by atoms with Gasteiger partial charge in [-0.25, -0.2) is 0 Å². The molecule has 0 aromatic heterocycles. The number of amides is 1. The Labute approximate surface area is 134 Å². The van der Waals surface area contributed by atoms with Crippen molar-refractivity contribution >= 4 is 5.91 Å². The zero-order valence-corrected chi connectivity index (χ0v) is 14.7. The largest absolute Gasteiger partial charge is 0.383 e. The lowest BCUT2D eigenvalue weighted by molar-refractivity contribution is -0.135. The molecule has 1 heterocycles. The Balaban J connectivity index is 2.43. The highest BCUT2D eigenvalue weighted by Crippen LogP contribution is 2.18. The van der Waals surface area contributed by atoms with Crippen LogP contribution >= 0.6 is 0 Å². The lowest BCUT2D eigenvalue weighted by Gasteiger charge is -2.41. The van der Waals surface area contributed by atoms with Crippen LogP contribution < -0.4 is 10.6 Å². The normalized spacial score (nSPS) is 24.5. The van der Waals surface area contributed by atoms with Crippen LogP contribution in [0.4, 0.5) is 0 Å². The van der Waals surface area contributed by atoms with E-state index in [1.807, 2.05) is 0 Å². The van der Waals surface area contributed by atoms with Crippen LogP contribution in [-0.4, -0.2) is 75.5 Å². The fourth-order valence-electron chi connectivity index (χ4n) is 3.01. The number of methoxy groups -OCH3 is 1. The minimum atomic E-state index is -0.0900. The van der Waals surface area contributed by atoms with Gasteiger partial charge in [0.1, 0.15) is 0 Å². The zero-order chi connectivity index (χ0) is 16.5. The van der Waals surface area contributed by atoms with Crippen LogP contribution in [0.1, 0.15) is 27.7 Å². The molecule has 3 atom stereocenters. The topological polar surface area (TPSA) is 62.8 Å². The predicted octanol–water partition coefficient (Wildman–Crippen LogP) is 0.472. The highest BCUT2D eigenvalue weighted by molar-refractivity contribution is 5.82. The number of nitrogens with zero attached hydrogens (tertiary/aromatic N) is 1. The third-order valence-electron chi connectivity index (χ3n) is 3.83. The molecule has 1 amide bonds. The maximum absolute atomic E-state index is 12.5. The van der Waals surface area contributed by atoms with Crippen LogP contribution in [0.5, 0.6) is 0 Å². The number of hydrogen-bond acceptors (Lipinski definition) is 5. The van der Waals surface area contributed by atoms with Crippen molar-refractivity contribution in [1.29, 1.82) is 0 Å². The Hall–Kier alpha value is -0.690. The van der Waals surface area contributed by atoms with E-state index in [0.717, 1.165) is 26.2 Å². The molecule has 22 heavy (non-hydrogen) atoms. The minimum Gasteiger partial charge on any atom is -0.383 e. The van der Waals surface area contributed by atoms with E-state index in [4.69, 9.17) is 9.47 Å². The van der Waals surface area contributed by atoms with Gasteiger partial charge in [0.25, 0.3) is 0 Å². The number of carbonyl (C=O) groups is 1. The highest BCUT2D eigenvalue weighted by atomic mass is 16.5. The average Bonchev–Trinajstić information content (AvgIpc) is 2.41. The first-order chi connectivity index (χ1) is 10.5. The van der Waals surface area contributed by atoms with Crippen molar-refractivity contribution in [3.63, 3.8) is 0 Å². The number of hydrogen-bond donors (Lipinski definition) is 2. The molecule has 6 nitrogen and oxygen atoms in total. The number of nitrogens with one attached hydrogen (secondary N) is 2. The van der Waals surface area contributed by atoms with Gasteiger partial charge in [-0.15, -0.1) is 0 Å². The molecule has 1 fully saturated rings. The second kappa shape index (κ2) is 10.2. The Kier molecular flexibility index (Phi) is 8.93. The molecule has 1 aliphatic heterocycles. The number of carbonyl (C=O) groups excluding carboxylic acids is 1. The first-order valence-corrected chi connectivity index (χ1v) is 8.32. The molecule has 6 heteroatoms. The van der Waals surface area contributed by atoms with E-state index < -0.39 is 0 Å². The molecule has 0 radical (unpaired) electrons.